The van der Waals surface area contributed by atoms with Crippen LogP contribution in [0, 0.1) is 11.8 Å². The molecule has 0 spiro atoms. The van der Waals surface area contributed by atoms with Gasteiger partial charge in [-0.3, -0.25) is 4.79 Å². The van der Waals surface area contributed by atoms with Crippen LogP contribution in [-0.4, -0.2) is 87.9 Å². The van der Waals surface area contributed by atoms with Gasteiger partial charge in [-0.15, -0.1) is 24.0 Å². The summed E-state index contributed by atoms with van der Waals surface area (Å²) in [4.78, 5) is 20.5. The zero-order chi connectivity index (χ0) is 17.6. The molecule has 3 unspecified atom stereocenters. The highest BCUT2D eigenvalue weighted by atomic mass is 127. The van der Waals surface area contributed by atoms with E-state index in [9.17, 15) is 4.79 Å². The van der Waals surface area contributed by atoms with Crippen molar-refractivity contribution in [1.82, 2.24) is 15.1 Å². The number of rotatable bonds is 4. The van der Waals surface area contributed by atoms with Crippen molar-refractivity contribution in [2.45, 2.75) is 31.8 Å². The Morgan fingerprint density at radius 2 is 2.12 bits per heavy atom. The second-order valence-corrected chi connectivity index (χ2v) is 7.58. The molecule has 0 saturated carbocycles. The maximum atomic E-state index is 12.0. The summed E-state index contributed by atoms with van der Waals surface area (Å²) in [6.07, 6.45) is 4.90. The summed E-state index contributed by atoms with van der Waals surface area (Å²) in [6, 6.07) is 0. The molecule has 0 radical (unpaired) electrons. The van der Waals surface area contributed by atoms with Crippen molar-refractivity contribution >= 4 is 35.8 Å². The number of likely N-dealkylation sites (N-methyl/N-ethyl adjacent to an activating group) is 1. The minimum Gasteiger partial charge on any atom is -0.381 e. The van der Waals surface area contributed by atoms with E-state index >= 15 is 0 Å². The summed E-state index contributed by atoms with van der Waals surface area (Å²) < 4.78 is 11.4. The van der Waals surface area contributed by atoms with Gasteiger partial charge in [-0.05, 0) is 25.7 Å². The molecular weight excluding hydrogens is 447 g/mol. The van der Waals surface area contributed by atoms with Gasteiger partial charge in [-0.2, -0.15) is 0 Å². The first-order valence-corrected chi connectivity index (χ1v) is 9.56. The lowest BCUT2D eigenvalue weighted by Crippen LogP contribution is -2.53. The Balaban J connectivity index is 0.00000243. The van der Waals surface area contributed by atoms with Crippen molar-refractivity contribution in [3.63, 3.8) is 0 Å². The number of hydrogen-bond donors (Lipinski definition) is 1. The number of likely N-dealkylation sites (tertiary alicyclic amines) is 1. The number of hydrogen-bond acceptors (Lipinski definition) is 4. The second-order valence-electron chi connectivity index (χ2n) is 7.58. The lowest BCUT2D eigenvalue weighted by molar-refractivity contribution is -0.127. The van der Waals surface area contributed by atoms with Crippen LogP contribution in [0.5, 0.6) is 0 Å². The van der Waals surface area contributed by atoms with Gasteiger partial charge in [-0.25, -0.2) is 4.99 Å². The largest absolute Gasteiger partial charge is 0.381 e. The van der Waals surface area contributed by atoms with Crippen molar-refractivity contribution in [3.05, 3.63) is 0 Å². The van der Waals surface area contributed by atoms with E-state index in [1.54, 1.807) is 19.0 Å². The Bertz CT molecular complexity index is 483. The fourth-order valence-corrected chi connectivity index (χ4v) is 3.81. The topological polar surface area (TPSA) is 66.4 Å². The zero-order valence-electron chi connectivity index (χ0n) is 16.0. The molecule has 3 rings (SSSR count). The number of carbonyl (C=O) groups excluding carboxylic acids is 1. The van der Waals surface area contributed by atoms with Crippen LogP contribution in [0.25, 0.3) is 0 Å². The van der Waals surface area contributed by atoms with E-state index in [2.05, 4.69) is 15.2 Å². The minimum absolute atomic E-state index is 0. The summed E-state index contributed by atoms with van der Waals surface area (Å²) in [6.45, 7) is 5.52. The summed E-state index contributed by atoms with van der Waals surface area (Å²) in [5.74, 6) is 2.00. The van der Waals surface area contributed by atoms with Crippen molar-refractivity contribution in [1.29, 1.82) is 0 Å². The lowest BCUT2D eigenvalue weighted by Gasteiger charge is -2.42. The quantitative estimate of drug-likeness (QED) is 0.372. The highest BCUT2D eigenvalue weighted by molar-refractivity contribution is 14.0. The molecule has 26 heavy (non-hydrogen) atoms. The first-order valence-electron chi connectivity index (χ1n) is 9.56. The van der Waals surface area contributed by atoms with E-state index in [-0.39, 0.29) is 36.4 Å². The van der Waals surface area contributed by atoms with E-state index in [0.29, 0.717) is 17.9 Å². The minimum atomic E-state index is 0. The summed E-state index contributed by atoms with van der Waals surface area (Å²) >= 11 is 0. The van der Waals surface area contributed by atoms with Crippen LogP contribution in [-0.2, 0) is 14.3 Å². The van der Waals surface area contributed by atoms with Gasteiger partial charge < -0.3 is 24.6 Å². The summed E-state index contributed by atoms with van der Waals surface area (Å²) in [7, 11) is 3.54. The Morgan fingerprint density at radius 3 is 2.85 bits per heavy atom. The van der Waals surface area contributed by atoms with Gasteiger partial charge in [0.15, 0.2) is 5.96 Å². The number of amides is 1. The monoisotopic (exact) mass is 480 g/mol. The number of fused-ring (bicyclic) bond motifs is 1. The molecule has 1 N–H and O–H groups in total. The van der Waals surface area contributed by atoms with Crippen LogP contribution in [0.3, 0.4) is 0 Å². The predicted octanol–water partition coefficient (Wildman–Crippen LogP) is 1.18. The second kappa shape index (κ2) is 10.7. The summed E-state index contributed by atoms with van der Waals surface area (Å²) in [5, 5.41) is 3.51. The van der Waals surface area contributed by atoms with Gasteiger partial charge in [0.05, 0.1) is 12.7 Å². The molecule has 3 aliphatic heterocycles. The third-order valence-corrected chi connectivity index (χ3v) is 5.45. The Hall–Kier alpha value is -0.610. The molecule has 1 amide bonds. The smallest absolute Gasteiger partial charge is 0.243 e. The Morgan fingerprint density at radius 1 is 1.27 bits per heavy atom. The van der Waals surface area contributed by atoms with E-state index in [0.717, 1.165) is 64.7 Å². The van der Waals surface area contributed by atoms with Crippen LogP contribution in [0.4, 0.5) is 0 Å². The van der Waals surface area contributed by atoms with Crippen molar-refractivity contribution in [3.8, 4) is 0 Å². The molecule has 0 aromatic rings. The Kier molecular flexibility index (Phi) is 8.89. The lowest BCUT2D eigenvalue weighted by atomic mass is 9.88. The standard InChI is InChI=1S/C18H32N4O3.HI/c1-21(2)17(23)11-20-18(19-10-14-6-9-24-13-14)22-7-5-16-15(12-22)4-3-8-25-16;/h14-16H,3-13H2,1-2H3,(H,19,20);1H. The van der Waals surface area contributed by atoms with E-state index in [4.69, 9.17) is 9.47 Å². The highest BCUT2D eigenvalue weighted by Crippen LogP contribution is 2.28. The molecule has 3 atom stereocenters. The van der Waals surface area contributed by atoms with Crippen LogP contribution in [0.1, 0.15) is 25.7 Å². The fourth-order valence-electron chi connectivity index (χ4n) is 3.81. The first kappa shape index (κ1) is 21.7. The molecule has 0 aliphatic carbocycles. The molecule has 3 fully saturated rings. The van der Waals surface area contributed by atoms with E-state index in [1.165, 1.54) is 6.42 Å². The SMILES string of the molecule is CN(C)C(=O)CN=C(NCC1CCOC1)N1CCC2OCCCC2C1.I. The molecule has 0 aromatic heterocycles. The maximum absolute atomic E-state index is 12.0. The number of nitrogens with one attached hydrogen (secondary N) is 1. The molecule has 150 valence electrons. The molecule has 3 aliphatic rings. The number of carbonyl (C=O) groups is 1. The van der Waals surface area contributed by atoms with Crippen molar-refractivity contribution < 1.29 is 14.3 Å². The molecule has 7 nitrogen and oxygen atoms in total. The predicted molar refractivity (Wildman–Crippen MR) is 112 cm³/mol. The molecule has 3 saturated heterocycles. The number of nitrogens with zero attached hydrogens (tertiary/aromatic N) is 3. The van der Waals surface area contributed by atoms with Gasteiger partial charge in [0.2, 0.25) is 5.91 Å². The van der Waals surface area contributed by atoms with Gasteiger partial charge in [0.1, 0.15) is 6.54 Å². The maximum Gasteiger partial charge on any atom is 0.243 e. The summed E-state index contributed by atoms with van der Waals surface area (Å²) in [5.41, 5.74) is 0. The number of guanidine groups is 1. The number of aliphatic imine (C=N–C) groups is 1. The molecule has 0 aromatic carbocycles. The van der Waals surface area contributed by atoms with E-state index < -0.39 is 0 Å². The average Bonchev–Trinajstić information content (AvgIpc) is 3.14. The number of halogens is 1. The van der Waals surface area contributed by atoms with Gasteiger partial charge >= 0.3 is 0 Å². The van der Waals surface area contributed by atoms with Crippen LogP contribution in [0.15, 0.2) is 4.99 Å². The number of piperidine rings is 1. The van der Waals surface area contributed by atoms with Gasteiger partial charge in [-0.1, -0.05) is 0 Å². The molecule has 3 heterocycles. The molecule has 8 heteroatoms. The molecule has 0 bridgehead atoms. The third-order valence-electron chi connectivity index (χ3n) is 5.45. The van der Waals surface area contributed by atoms with Crippen molar-refractivity contribution in [2.75, 3.05) is 60.1 Å². The van der Waals surface area contributed by atoms with Crippen LogP contribution in [0.2, 0.25) is 0 Å². The van der Waals surface area contributed by atoms with Gasteiger partial charge in [0.25, 0.3) is 0 Å². The average molecular weight is 480 g/mol. The highest BCUT2D eigenvalue weighted by Gasteiger charge is 2.33. The molecular formula is C18H33IN4O3. The van der Waals surface area contributed by atoms with Gasteiger partial charge in [0, 0.05) is 58.8 Å². The van der Waals surface area contributed by atoms with Crippen molar-refractivity contribution in [2.24, 2.45) is 16.8 Å². The Labute approximate surface area is 173 Å². The normalized spacial score (nSPS) is 28.9. The number of ether oxygens (including phenoxy) is 2. The van der Waals surface area contributed by atoms with Crippen LogP contribution >= 0.6 is 24.0 Å². The zero-order valence-corrected chi connectivity index (χ0v) is 18.3. The fraction of sp³-hybridized carbons (Fsp3) is 0.889. The first-order chi connectivity index (χ1) is 12.1. The van der Waals surface area contributed by atoms with E-state index in [1.807, 2.05) is 0 Å². The van der Waals surface area contributed by atoms with Crippen LogP contribution < -0.4 is 5.32 Å². The third kappa shape index (κ3) is 5.95.